The van der Waals surface area contributed by atoms with E-state index in [0.717, 1.165) is 31.5 Å². The molecule has 1 aliphatic rings. The Morgan fingerprint density at radius 1 is 1.44 bits per heavy atom. The zero-order valence-corrected chi connectivity index (χ0v) is 10.4. The van der Waals surface area contributed by atoms with Crippen molar-refractivity contribution < 1.29 is 0 Å². The molecule has 16 heavy (non-hydrogen) atoms. The molecule has 0 saturated carbocycles. The Morgan fingerprint density at radius 3 is 2.88 bits per heavy atom. The predicted molar refractivity (Wildman–Crippen MR) is 66.5 cm³/mol. The fourth-order valence-corrected chi connectivity index (χ4v) is 2.26. The zero-order chi connectivity index (χ0) is 11.4. The average molecular weight is 221 g/mol. The van der Waals surface area contributed by atoms with Crippen molar-refractivity contribution in [3.05, 3.63) is 18.0 Å². The zero-order valence-electron chi connectivity index (χ0n) is 10.4. The van der Waals surface area contributed by atoms with Crippen LogP contribution in [-0.4, -0.2) is 22.9 Å². The quantitative estimate of drug-likeness (QED) is 0.846. The summed E-state index contributed by atoms with van der Waals surface area (Å²) in [4.78, 5) is 0. The third-order valence-electron chi connectivity index (χ3n) is 3.40. The predicted octanol–water partition coefficient (Wildman–Crippen LogP) is 2.40. The number of hydrogen-bond acceptors (Lipinski definition) is 2. The van der Waals surface area contributed by atoms with Crippen LogP contribution in [0.25, 0.3) is 0 Å². The second kappa shape index (κ2) is 5.48. The summed E-state index contributed by atoms with van der Waals surface area (Å²) < 4.78 is 2.11. The van der Waals surface area contributed by atoms with Crippen molar-refractivity contribution >= 4 is 0 Å². The van der Waals surface area contributed by atoms with Gasteiger partial charge in [-0.2, -0.15) is 5.10 Å². The maximum Gasteiger partial charge on any atom is 0.0524 e. The van der Waals surface area contributed by atoms with Gasteiger partial charge in [0.05, 0.1) is 6.20 Å². The third kappa shape index (κ3) is 3.08. The highest BCUT2D eigenvalue weighted by Gasteiger charge is 2.16. The van der Waals surface area contributed by atoms with Gasteiger partial charge in [-0.3, -0.25) is 4.68 Å². The molecule has 1 fully saturated rings. The molecule has 1 aromatic heterocycles. The molecule has 1 aromatic rings. The molecule has 1 N–H and O–H groups in total. The highest BCUT2D eigenvalue weighted by Crippen LogP contribution is 2.24. The van der Waals surface area contributed by atoms with Crippen molar-refractivity contribution in [2.75, 3.05) is 13.1 Å². The molecule has 0 unspecified atom stereocenters. The molecule has 2 heterocycles. The number of piperidine rings is 1. The standard InChI is InChI=1S/C13H23N3/c1-11(2)5-8-16-10-13(9-15-16)12-3-6-14-7-4-12/h9-12,14H,3-8H2,1-2H3. The number of aromatic nitrogens is 2. The van der Waals surface area contributed by atoms with Gasteiger partial charge >= 0.3 is 0 Å². The van der Waals surface area contributed by atoms with Gasteiger partial charge in [0.25, 0.3) is 0 Å². The summed E-state index contributed by atoms with van der Waals surface area (Å²) >= 11 is 0. The van der Waals surface area contributed by atoms with Crippen LogP contribution in [0.5, 0.6) is 0 Å². The number of hydrogen-bond donors (Lipinski definition) is 1. The minimum Gasteiger partial charge on any atom is -0.317 e. The largest absolute Gasteiger partial charge is 0.317 e. The fraction of sp³-hybridized carbons (Fsp3) is 0.769. The van der Waals surface area contributed by atoms with Crippen molar-refractivity contribution in [1.29, 1.82) is 0 Å². The van der Waals surface area contributed by atoms with Gasteiger partial charge < -0.3 is 5.32 Å². The van der Waals surface area contributed by atoms with E-state index >= 15 is 0 Å². The molecular weight excluding hydrogens is 198 g/mol. The lowest BCUT2D eigenvalue weighted by atomic mass is 9.93. The first kappa shape index (κ1) is 11.6. The second-order valence-electron chi connectivity index (χ2n) is 5.24. The normalized spacial score (nSPS) is 18.2. The fourth-order valence-electron chi connectivity index (χ4n) is 2.26. The molecule has 1 aliphatic heterocycles. The molecule has 0 aromatic carbocycles. The van der Waals surface area contributed by atoms with Crippen molar-refractivity contribution in [2.24, 2.45) is 5.92 Å². The lowest BCUT2D eigenvalue weighted by Crippen LogP contribution is -2.26. The molecule has 0 amide bonds. The first-order chi connectivity index (χ1) is 7.75. The smallest absolute Gasteiger partial charge is 0.0524 e. The molecule has 0 radical (unpaired) electrons. The highest BCUT2D eigenvalue weighted by atomic mass is 15.3. The van der Waals surface area contributed by atoms with Crippen molar-refractivity contribution in [1.82, 2.24) is 15.1 Å². The lowest BCUT2D eigenvalue weighted by molar-refractivity contribution is 0.458. The van der Waals surface area contributed by atoms with Gasteiger partial charge in [0.1, 0.15) is 0 Å². The van der Waals surface area contributed by atoms with Gasteiger partial charge in [-0.25, -0.2) is 0 Å². The molecular formula is C13H23N3. The third-order valence-corrected chi connectivity index (χ3v) is 3.40. The monoisotopic (exact) mass is 221 g/mol. The summed E-state index contributed by atoms with van der Waals surface area (Å²) in [7, 11) is 0. The molecule has 0 spiro atoms. The Balaban J connectivity index is 1.90. The minimum absolute atomic E-state index is 0.731. The van der Waals surface area contributed by atoms with Crippen molar-refractivity contribution in [3.8, 4) is 0 Å². The van der Waals surface area contributed by atoms with E-state index in [4.69, 9.17) is 0 Å². The van der Waals surface area contributed by atoms with E-state index < -0.39 is 0 Å². The van der Waals surface area contributed by atoms with Crippen LogP contribution >= 0.6 is 0 Å². The van der Waals surface area contributed by atoms with E-state index in [9.17, 15) is 0 Å². The molecule has 0 bridgehead atoms. The molecule has 2 rings (SSSR count). The summed E-state index contributed by atoms with van der Waals surface area (Å²) in [6, 6.07) is 0. The summed E-state index contributed by atoms with van der Waals surface area (Å²) in [5.41, 5.74) is 1.44. The first-order valence-corrected chi connectivity index (χ1v) is 6.49. The van der Waals surface area contributed by atoms with Crippen LogP contribution in [0.3, 0.4) is 0 Å². The van der Waals surface area contributed by atoms with E-state index in [0.29, 0.717) is 0 Å². The highest BCUT2D eigenvalue weighted by molar-refractivity contribution is 5.12. The minimum atomic E-state index is 0.731. The number of rotatable bonds is 4. The van der Waals surface area contributed by atoms with Crippen LogP contribution in [0.2, 0.25) is 0 Å². The van der Waals surface area contributed by atoms with Crippen molar-refractivity contribution in [2.45, 2.75) is 45.6 Å². The molecule has 3 heteroatoms. The Bertz CT molecular complexity index is 311. The van der Waals surface area contributed by atoms with Crippen LogP contribution in [-0.2, 0) is 6.54 Å². The Kier molecular flexibility index (Phi) is 3.99. The summed E-state index contributed by atoms with van der Waals surface area (Å²) in [5, 5.41) is 7.86. The summed E-state index contributed by atoms with van der Waals surface area (Å²) in [5.74, 6) is 1.49. The van der Waals surface area contributed by atoms with Crippen LogP contribution < -0.4 is 5.32 Å². The van der Waals surface area contributed by atoms with Gasteiger partial charge in [0.15, 0.2) is 0 Å². The molecule has 90 valence electrons. The number of nitrogens with one attached hydrogen (secondary N) is 1. The van der Waals surface area contributed by atoms with E-state index in [1.165, 1.54) is 24.8 Å². The van der Waals surface area contributed by atoms with Crippen LogP contribution in [0.1, 0.15) is 44.6 Å². The van der Waals surface area contributed by atoms with Crippen LogP contribution in [0, 0.1) is 5.92 Å². The van der Waals surface area contributed by atoms with E-state index in [2.05, 4.69) is 41.3 Å². The molecule has 0 aliphatic carbocycles. The van der Waals surface area contributed by atoms with Gasteiger partial charge in [-0.05, 0) is 49.8 Å². The number of nitrogens with zero attached hydrogens (tertiary/aromatic N) is 2. The Morgan fingerprint density at radius 2 is 2.19 bits per heavy atom. The van der Waals surface area contributed by atoms with Gasteiger partial charge in [0.2, 0.25) is 0 Å². The van der Waals surface area contributed by atoms with Crippen LogP contribution in [0.15, 0.2) is 12.4 Å². The summed E-state index contributed by atoms with van der Waals surface area (Å²) in [6.45, 7) is 7.89. The average Bonchev–Trinajstić information content (AvgIpc) is 2.76. The maximum atomic E-state index is 4.46. The van der Waals surface area contributed by atoms with Gasteiger partial charge in [0, 0.05) is 12.7 Å². The topological polar surface area (TPSA) is 29.9 Å². The van der Waals surface area contributed by atoms with Gasteiger partial charge in [-0.15, -0.1) is 0 Å². The molecule has 1 saturated heterocycles. The molecule has 3 nitrogen and oxygen atoms in total. The lowest BCUT2D eigenvalue weighted by Gasteiger charge is -2.21. The summed E-state index contributed by atoms with van der Waals surface area (Å²) in [6.07, 6.45) is 8.05. The maximum absolute atomic E-state index is 4.46. The van der Waals surface area contributed by atoms with E-state index in [1.54, 1.807) is 0 Å². The Labute approximate surface area is 98.2 Å². The van der Waals surface area contributed by atoms with Crippen LogP contribution in [0.4, 0.5) is 0 Å². The first-order valence-electron chi connectivity index (χ1n) is 6.49. The van der Waals surface area contributed by atoms with E-state index in [1.807, 2.05) is 0 Å². The molecule has 0 atom stereocenters. The number of aryl methyl sites for hydroxylation is 1. The van der Waals surface area contributed by atoms with Crippen molar-refractivity contribution in [3.63, 3.8) is 0 Å². The second-order valence-corrected chi connectivity index (χ2v) is 5.24. The Hall–Kier alpha value is -0.830. The SMILES string of the molecule is CC(C)CCn1cc(C2CCNCC2)cn1. The van der Waals surface area contributed by atoms with Gasteiger partial charge in [-0.1, -0.05) is 13.8 Å². The van der Waals surface area contributed by atoms with E-state index in [-0.39, 0.29) is 0 Å².